The summed E-state index contributed by atoms with van der Waals surface area (Å²) in [6.45, 7) is 5.79. The average molecular weight is 290 g/mol. The number of amides is 1. The van der Waals surface area contributed by atoms with E-state index in [9.17, 15) is 4.79 Å². The average Bonchev–Trinajstić information content (AvgIpc) is 2.95. The first-order valence-electron chi connectivity index (χ1n) is 7.81. The molecule has 4 heteroatoms. The predicted octanol–water partition coefficient (Wildman–Crippen LogP) is 1.78. The van der Waals surface area contributed by atoms with E-state index in [0.29, 0.717) is 0 Å². The molecule has 0 spiro atoms. The molecule has 0 aliphatic carbocycles. The van der Waals surface area contributed by atoms with Crippen LogP contribution in [0.5, 0.6) is 0 Å². The summed E-state index contributed by atoms with van der Waals surface area (Å²) in [5, 5.41) is 12.2. The zero-order chi connectivity index (χ0) is 15.2. The van der Waals surface area contributed by atoms with E-state index in [2.05, 4.69) is 22.3 Å². The van der Waals surface area contributed by atoms with E-state index in [1.165, 1.54) is 5.56 Å². The lowest BCUT2D eigenvalue weighted by atomic mass is 10.0. The number of hydrogen-bond acceptors (Lipinski definition) is 3. The van der Waals surface area contributed by atoms with Crippen molar-refractivity contribution in [1.29, 1.82) is 0 Å². The molecule has 4 nitrogen and oxygen atoms in total. The maximum Gasteiger partial charge on any atom is 0.237 e. The number of nitrogens with zero attached hydrogens (tertiary/aromatic N) is 1. The van der Waals surface area contributed by atoms with Crippen LogP contribution in [0.4, 0.5) is 0 Å². The number of aliphatic hydroxyl groups excluding tert-OH is 1. The van der Waals surface area contributed by atoms with Crippen molar-refractivity contribution in [3.63, 3.8) is 0 Å². The third kappa shape index (κ3) is 4.29. The highest BCUT2D eigenvalue weighted by molar-refractivity contribution is 5.82. The molecule has 0 saturated carbocycles. The van der Waals surface area contributed by atoms with Crippen LogP contribution in [0.1, 0.15) is 32.3 Å². The fourth-order valence-corrected chi connectivity index (χ4v) is 2.75. The van der Waals surface area contributed by atoms with Crippen molar-refractivity contribution < 1.29 is 9.90 Å². The lowest BCUT2D eigenvalue weighted by Gasteiger charge is -2.27. The summed E-state index contributed by atoms with van der Waals surface area (Å²) in [6, 6.07) is 10.2. The maximum atomic E-state index is 12.4. The molecule has 1 heterocycles. The highest BCUT2D eigenvalue weighted by atomic mass is 16.3. The van der Waals surface area contributed by atoms with Crippen molar-refractivity contribution in [3.8, 4) is 0 Å². The minimum Gasteiger partial charge on any atom is -0.396 e. The van der Waals surface area contributed by atoms with Gasteiger partial charge in [0.25, 0.3) is 0 Å². The van der Waals surface area contributed by atoms with Crippen LogP contribution in [0.15, 0.2) is 30.3 Å². The molecule has 1 fully saturated rings. The fraction of sp³-hybridized carbons (Fsp3) is 0.588. The second-order valence-corrected chi connectivity index (χ2v) is 6.07. The second-order valence-electron chi connectivity index (χ2n) is 6.07. The summed E-state index contributed by atoms with van der Waals surface area (Å²) in [6.07, 6.45) is 1.98. The monoisotopic (exact) mass is 290 g/mol. The highest BCUT2D eigenvalue weighted by Gasteiger charge is 2.31. The Morgan fingerprint density at radius 3 is 2.76 bits per heavy atom. The maximum absolute atomic E-state index is 12.4. The van der Waals surface area contributed by atoms with Gasteiger partial charge in [-0.05, 0) is 37.8 Å². The predicted molar refractivity (Wildman–Crippen MR) is 83.7 cm³/mol. The van der Waals surface area contributed by atoms with E-state index >= 15 is 0 Å². The second kappa shape index (κ2) is 7.57. The van der Waals surface area contributed by atoms with Gasteiger partial charge in [-0.2, -0.15) is 0 Å². The van der Waals surface area contributed by atoms with Crippen molar-refractivity contribution in [2.24, 2.45) is 5.92 Å². The molecule has 0 radical (unpaired) electrons. The van der Waals surface area contributed by atoms with Gasteiger partial charge in [-0.25, -0.2) is 0 Å². The molecule has 3 unspecified atom stereocenters. The van der Waals surface area contributed by atoms with Gasteiger partial charge in [-0.15, -0.1) is 0 Å². The smallest absolute Gasteiger partial charge is 0.237 e. The van der Waals surface area contributed by atoms with Crippen molar-refractivity contribution in [1.82, 2.24) is 10.2 Å². The summed E-state index contributed by atoms with van der Waals surface area (Å²) in [5.74, 6) is 0.175. The Hall–Kier alpha value is -1.39. The minimum atomic E-state index is -0.0430. The molecule has 2 rings (SSSR count). The molecule has 2 N–H and O–H groups in total. The van der Waals surface area contributed by atoms with Crippen LogP contribution in [0, 0.1) is 5.92 Å². The summed E-state index contributed by atoms with van der Waals surface area (Å²) >= 11 is 0. The SMILES string of the molecule is CC(CO)C(C)NC(=O)C1CCCN1Cc1ccccc1. The molecule has 1 aliphatic rings. The number of benzene rings is 1. The molecule has 1 amide bonds. The number of hydrogen-bond donors (Lipinski definition) is 2. The number of nitrogens with one attached hydrogen (secondary N) is 1. The van der Waals surface area contributed by atoms with Crippen molar-refractivity contribution in [2.75, 3.05) is 13.2 Å². The normalized spacial score (nSPS) is 22.0. The number of carbonyl (C=O) groups excluding carboxylic acids is 1. The zero-order valence-electron chi connectivity index (χ0n) is 13.0. The Bertz CT molecular complexity index is 449. The van der Waals surface area contributed by atoms with Gasteiger partial charge in [0, 0.05) is 19.2 Å². The molecule has 116 valence electrons. The van der Waals surface area contributed by atoms with Crippen molar-refractivity contribution in [3.05, 3.63) is 35.9 Å². The fourth-order valence-electron chi connectivity index (χ4n) is 2.75. The van der Waals surface area contributed by atoms with Gasteiger partial charge in [0.05, 0.1) is 6.04 Å². The van der Waals surface area contributed by atoms with Crippen LogP contribution in [0.3, 0.4) is 0 Å². The molecular weight excluding hydrogens is 264 g/mol. The minimum absolute atomic E-state index is 0.00155. The van der Waals surface area contributed by atoms with Gasteiger partial charge in [-0.3, -0.25) is 9.69 Å². The van der Waals surface area contributed by atoms with Crippen LogP contribution >= 0.6 is 0 Å². The molecule has 1 aromatic rings. The molecule has 1 aliphatic heterocycles. The lowest BCUT2D eigenvalue weighted by molar-refractivity contribution is -0.126. The molecule has 1 saturated heterocycles. The van der Waals surface area contributed by atoms with Crippen molar-refractivity contribution in [2.45, 2.75) is 45.3 Å². The van der Waals surface area contributed by atoms with Gasteiger partial charge in [0.2, 0.25) is 5.91 Å². The zero-order valence-corrected chi connectivity index (χ0v) is 13.0. The topological polar surface area (TPSA) is 52.6 Å². The van der Waals surface area contributed by atoms with E-state index in [4.69, 9.17) is 5.11 Å². The van der Waals surface area contributed by atoms with E-state index in [1.807, 2.05) is 32.0 Å². The molecule has 0 aromatic heterocycles. The van der Waals surface area contributed by atoms with E-state index in [1.54, 1.807) is 0 Å². The quantitative estimate of drug-likeness (QED) is 0.840. The van der Waals surface area contributed by atoms with Gasteiger partial charge in [0.15, 0.2) is 0 Å². The first kappa shape index (κ1) is 16.0. The number of aliphatic hydroxyl groups is 1. The van der Waals surface area contributed by atoms with Crippen LogP contribution in [-0.2, 0) is 11.3 Å². The molecule has 0 bridgehead atoms. The van der Waals surface area contributed by atoms with Crippen LogP contribution in [-0.4, -0.2) is 41.1 Å². The molecule has 21 heavy (non-hydrogen) atoms. The van der Waals surface area contributed by atoms with E-state index < -0.39 is 0 Å². The van der Waals surface area contributed by atoms with Crippen LogP contribution < -0.4 is 5.32 Å². The third-order valence-electron chi connectivity index (χ3n) is 4.41. The van der Waals surface area contributed by atoms with Crippen LogP contribution in [0.2, 0.25) is 0 Å². The van der Waals surface area contributed by atoms with Crippen molar-refractivity contribution >= 4 is 5.91 Å². The Kier molecular flexibility index (Phi) is 5.76. The largest absolute Gasteiger partial charge is 0.396 e. The van der Waals surface area contributed by atoms with Crippen LogP contribution in [0.25, 0.3) is 0 Å². The summed E-state index contributed by atoms with van der Waals surface area (Å²) in [5.41, 5.74) is 1.24. The van der Waals surface area contributed by atoms with Gasteiger partial charge in [-0.1, -0.05) is 37.3 Å². The van der Waals surface area contributed by atoms with Gasteiger partial charge in [0.1, 0.15) is 0 Å². The van der Waals surface area contributed by atoms with E-state index in [-0.39, 0.29) is 30.5 Å². The van der Waals surface area contributed by atoms with Gasteiger partial charge < -0.3 is 10.4 Å². The summed E-state index contributed by atoms with van der Waals surface area (Å²) < 4.78 is 0. The van der Waals surface area contributed by atoms with Gasteiger partial charge >= 0.3 is 0 Å². The summed E-state index contributed by atoms with van der Waals surface area (Å²) in [4.78, 5) is 14.7. The number of carbonyl (C=O) groups is 1. The Balaban J connectivity index is 1.93. The third-order valence-corrected chi connectivity index (χ3v) is 4.41. The molecular formula is C17H26N2O2. The Labute approximate surface area is 127 Å². The number of likely N-dealkylation sites (tertiary alicyclic amines) is 1. The standard InChI is InChI=1S/C17H26N2O2/c1-13(12-20)14(2)18-17(21)16-9-6-10-19(16)11-15-7-4-3-5-8-15/h3-5,7-8,13-14,16,20H,6,9-12H2,1-2H3,(H,18,21). The first-order valence-corrected chi connectivity index (χ1v) is 7.81. The number of rotatable bonds is 6. The first-order chi connectivity index (χ1) is 10.1. The summed E-state index contributed by atoms with van der Waals surface area (Å²) in [7, 11) is 0. The Morgan fingerprint density at radius 1 is 1.38 bits per heavy atom. The highest BCUT2D eigenvalue weighted by Crippen LogP contribution is 2.20. The van der Waals surface area contributed by atoms with E-state index in [0.717, 1.165) is 25.9 Å². The lowest BCUT2D eigenvalue weighted by Crippen LogP contribution is -2.48. The molecule has 1 aromatic carbocycles. The Morgan fingerprint density at radius 2 is 2.10 bits per heavy atom. The molecule has 3 atom stereocenters.